The fourth-order valence-corrected chi connectivity index (χ4v) is 9.46. The first-order valence-corrected chi connectivity index (χ1v) is 17.9. The lowest BCUT2D eigenvalue weighted by Gasteiger charge is -2.18. The highest BCUT2D eigenvalue weighted by Crippen LogP contribution is 2.49. The van der Waals surface area contributed by atoms with Gasteiger partial charge in [0.15, 0.2) is 0 Å². The summed E-state index contributed by atoms with van der Waals surface area (Å²) in [6.45, 7) is 0. The molecule has 2 aromatic heterocycles. The second-order valence-corrected chi connectivity index (χ2v) is 14.2. The smallest absolute Gasteiger partial charge is 0.143 e. The summed E-state index contributed by atoms with van der Waals surface area (Å²) >= 11 is 1.86. The largest absolute Gasteiger partial charge is 0.455 e. The molecule has 1 nitrogen and oxygen atoms in total. The Morgan fingerprint density at radius 2 is 0.900 bits per heavy atom. The normalized spacial score (nSPS) is 12.0. The van der Waals surface area contributed by atoms with E-state index < -0.39 is 0 Å². The first-order chi connectivity index (χ1) is 24.8. The lowest BCUT2D eigenvalue weighted by atomic mass is 9.85. The molecule has 232 valence electrons. The van der Waals surface area contributed by atoms with Crippen molar-refractivity contribution in [3.05, 3.63) is 170 Å². The Hall–Kier alpha value is -6.22. The standard InChI is InChI=1S/C48H28OS/c1-2-13-31(14-3-1)43-34-16-6-8-18-36(34)44(37-19-9-7-17-35(37)43)32-24-22-30(23-25-32)39-28-42-46(38-20-10-11-21-41(38)50-42)47-45-33-15-5-4-12-29(33)26-27-40(45)49-48(39)47/h1-28H. The van der Waals surface area contributed by atoms with E-state index in [-0.39, 0.29) is 0 Å². The summed E-state index contributed by atoms with van der Waals surface area (Å²) in [5, 5.41) is 12.5. The van der Waals surface area contributed by atoms with Crippen LogP contribution in [0.1, 0.15) is 0 Å². The monoisotopic (exact) mass is 652 g/mol. The van der Waals surface area contributed by atoms with Gasteiger partial charge in [-0.05, 0) is 78.3 Å². The van der Waals surface area contributed by atoms with Crippen LogP contribution in [-0.2, 0) is 0 Å². The third-order valence-corrected chi connectivity index (χ3v) is 11.6. The fraction of sp³-hybridized carbons (Fsp3) is 0. The molecule has 0 unspecified atom stereocenters. The molecule has 0 atom stereocenters. The summed E-state index contributed by atoms with van der Waals surface area (Å²) in [5.74, 6) is 0. The van der Waals surface area contributed by atoms with Crippen molar-refractivity contribution in [2.24, 2.45) is 0 Å². The average molecular weight is 653 g/mol. The van der Waals surface area contributed by atoms with Gasteiger partial charge in [0, 0.05) is 36.5 Å². The molecule has 0 bridgehead atoms. The zero-order valence-corrected chi connectivity index (χ0v) is 27.8. The van der Waals surface area contributed by atoms with Gasteiger partial charge in [-0.2, -0.15) is 0 Å². The van der Waals surface area contributed by atoms with Gasteiger partial charge in [0.05, 0.1) is 0 Å². The van der Waals surface area contributed by atoms with E-state index in [1.165, 1.54) is 85.5 Å². The highest BCUT2D eigenvalue weighted by atomic mass is 32.1. The van der Waals surface area contributed by atoms with Crippen LogP contribution >= 0.6 is 11.3 Å². The van der Waals surface area contributed by atoms with Crippen molar-refractivity contribution in [1.82, 2.24) is 0 Å². The van der Waals surface area contributed by atoms with Gasteiger partial charge in [-0.15, -0.1) is 11.3 Å². The Balaban J connectivity index is 1.17. The van der Waals surface area contributed by atoms with Crippen molar-refractivity contribution in [3.8, 4) is 33.4 Å². The molecule has 2 heterocycles. The van der Waals surface area contributed by atoms with E-state index in [2.05, 4.69) is 170 Å². The Labute approximate surface area is 292 Å². The first kappa shape index (κ1) is 27.7. The van der Waals surface area contributed by atoms with Crippen LogP contribution in [-0.4, -0.2) is 0 Å². The summed E-state index contributed by atoms with van der Waals surface area (Å²) in [7, 11) is 0. The summed E-state index contributed by atoms with van der Waals surface area (Å²) in [6.07, 6.45) is 0. The van der Waals surface area contributed by atoms with Crippen LogP contribution in [0.2, 0.25) is 0 Å². The molecule has 0 saturated heterocycles. The molecule has 0 fully saturated rings. The number of rotatable bonds is 3. The molecule has 0 amide bonds. The predicted molar refractivity (Wildman–Crippen MR) is 215 cm³/mol. The van der Waals surface area contributed by atoms with E-state index in [0.717, 1.165) is 22.3 Å². The maximum atomic E-state index is 6.86. The molecule has 0 radical (unpaired) electrons. The van der Waals surface area contributed by atoms with Crippen LogP contribution in [0.25, 0.3) is 108 Å². The summed E-state index contributed by atoms with van der Waals surface area (Å²) < 4.78 is 9.44. The van der Waals surface area contributed by atoms with Crippen molar-refractivity contribution < 1.29 is 4.42 Å². The Kier molecular flexibility index (Phi) is 5.89. The third kappa shape index (κ3) is 3.94. The van der Waals surface area contributed by atoms with E-state index in [1.807, 2.05) is 11.3 Å². The zero-order chi connectivity index (χ0) is 32.8. The van der Waals surface area contributed by atoms with Crippen LogP contribution in [0, 0.1) is 0 Å². The van der Waals surface area contributed by atoms with E-state index in [9.17, 15) is 0 Å². The van der Waals surface area contributed by atoms with E-state index in [1.54, 1.807) is 0 Å². The van der Waals surface area contributed by atoms with Crippen molar-refractivity contribution in [3.63, 3.8) is 0 Å². The number of benzene rings is 9. The molecule has 0 aliphatic heterocycles. The van der Waals surface area contributed by atoms with Gasteiger partial charge in [-0.3, -0.25) is 0 Å². The van der Waals surface area contributed by atoms with Gasteiger partial charge in [0.1, 0.15) is 11.2 Å². The molecule has 0 spiro atoms. The molecule has 0 aliphatic rings. The molecule has 0 aliphatic carbocycles. The van der Waals surface area contributed by atoms with Crippen molar-refractivity contribution in [1.29, 1.82) is 0 Å². The van der Waals surface area contributed by atoms with Gasteiger partial charge in [0.2, 0.25) is 0 Å². The van der Waals surface area contributed by atoms with E-state index in [4.69, 9.17) is 4.42 Å². The SMILES string of the molecule is c1ccc(-c2c3ccccc3c(-c3ccc(-c4cc5sc6ccccc6c5c5c4oc4ccc6ccccc6c45)cc3)c3ccccc23)cc1. The third-order valence-electron chi connectivity index (χ3n) is 10.5. The molecular weight excluding hydrogens is 625 g/mol. The zero-order valence-electron chi connectivity index (χ0n) is 27.0. The molecule has 50 heavy (non-hydrogen) atoms. The topological polar surface area (TPSA) is 13.1 Å². The Bertz CT molecular complexity index is 3070. The van der Waals surface area contributed by atoms with Crippen molar-refractivity contribution in [2.45, 2.75) is 0 Å². The number of hydrogen-bond donors (Lipinski definition) is 0. The van der Waals surface area contributed by atoms with Crippen LogP contribution in [0.15, 0.2) is 174 Å². The number of thiophene rings is 1. The van der Waals surface area contributed by atoms with Crippen LogP contribution < -0.4 is 0 Å². The summed E-state index contributed by atoms with van der Waals surface area (Å²) in [5.41, 5.74) is 9.14. The van der Waals surface area contributed by atoms with Gasteiger partial charge in [-0.25, -0.2) is 0 Å². The molecule has 9 aromatic carbocycles. The quantitative estimate of drug-likeness (QED) is 0.173. The molecule has 11 rings (SSSR count). The lowest BCUT2D eigenvalue weighted by molar-refractivity contribution is 0.670. The molecule has 11 aromatic rings. The second-order valence-electron chi connectivity index (χ2n) is 13.1. The van der Waals surface area contributed by atoms with Gasteiger partial charge < -0.3 is 4.42 Å². The van der Waals surface area contributed by atoms with Crippen LogP contribution in [0.3, 0.4) is 0 Å². The molecule has 0 saturated carbocycles. The minimum Gasteiger partial charge on any atom is -0.455 e. The van der Waals surface area contributed by atoms with E-state index >= 15 is 0 Å². The predicted octanol–water partition coefficient (Wildman–Crippen LogP) is 14.4. The summed E-state index contributed by atoms with van der Waals surface area (Å²) in [6, 6.07) is 61.7. The minimum atomic E-state index is 0.927. The molecular formula is C48H28OS. The maximum absolute atomic E-state index is 6.86. The van der Waals surface area contributed by atoms with Gasteiger partial charge in [0.25, 0.3) is 0 Å². The Morgan fingerprint density at radius 3 is 1.58 bits per heavy atom. The van der Waals surface area contributed by atoms with Crippen LogP contribution in [0.4, 0.5) is 0 Å². The van der Waals surface area contributed by atoms with Gasteiger partial charge in [-0.1, -0.05) is 152 Å². The highest BCUT2D eigenvalue weighted by molar-refractivity contribution is 7.26. The maximum Gasteiger partial charge on any atom is 0.143 e. The van der Waals surface area contributed by atoms with Crippen molar-refractivity contribution in [2.75, 3.05) is 0 Å². The second kappa shape index (κ2) is 10.6. The Morgan fingerprint density at radius 1 is 0.360 bits per heavy atom. The number of fused-ring (bicyclic) bond motifs is 11. The summed E-state index contributed by atoms with van der Waals surface area (Å²) in [4.78, 5) is 0. The molecule has 2 heteroatoms. The van der Waals surface area contributed by atoms with Crippen molar-refractivity contribution >= 4 is 85.8 Å². The highest BCUT2D eigenvalue weighted by Gasteiger charge is 2.22. The molecule has 0 N–H and O–H groups in total. The lowest BCUT2D eigenvalue weighted by Crippen LogP contribution is -1.90. The first-order valence-electron chi connectivity index (χ1n) is 17.1. The van der Waals surface area contributed by atoms with Crippen LogP contribution in [0.5, 0.6) is 0 Å². The van der Waals surface area contributed by atoms with Gasteiger partial charge >= 0.3 is 0 Å². The number of furan rings is 1. The van der Waals surface area contributed by atoms with E-state index in [0.29, 0.717) is 0 Å². The average Bonchev–Trinajstić information content (AvgIpc) is 3.76. The minimum absolute atomic E-state index is 0.927. The fourth-order valence-electron chi connectivity index (χ4n) is 8.30. The number of hydrogen-bond acceptors (Lipinski definition) is 2.